The highest BCUT2D eigenvalue weighted by Crippen LogP contribution is 2.25. The van der Waals surface area contributed by atoms with Gasteiger partial charge in [0.15, 0.2) is 5.82 Å². The molecule has 3 aromatic rings. The lowest BCUT2D eigenvalue weighted by Gasteiger charge is -2.28. The van der Waals surface area contributed by atoms with E-state index in [1.807, 2.05) is 22.4 Å². The summed E-state index contributed by atoms with van der Waals surface area (Å²) in [7, 11) is 1.36. The standard InChI is InChI=1S/C19H17F2N3O2S/c1-26-11-7-14(20)12(15(21)8-11)9-24-5-4-16-13(10-24)19(25)23-18(22-16)17-3-2-6-27-17/h2-3,6-8H,4-5,9-10H2,1H3,(H,22,23,25). The van der Waals surface area contributed by atoms with Crippen LogP contribution in [-0.4, -0.2) is 28.5 Å². The number of hydrogen-bond acceptors (Lipinski definition) is 5. The number of methoxy groups -OCH3 is 1. The van der Waals surface area contributed by atoms with Crippen LogP contribution in [0.5, 0.6) is 5.75 Å². The number of rotatable bonds is 4. The third-order valence-electron chi connectivity index (χ3n) is 4.63. The average Bonchev–Trinajstić information content (AvgIpc) is 3.19. The number of thiophene rings is 1. The van der Waals surface area contributed by atoms with Crippen molar-refractivity contribution in [3.63, 3.8) is 0 Å². The molecule has 1 aliphatic rings. The van der Waals surface area contributed by atoms with Gasteiger partial charge in [-0.3, -0.25) is 9.69 Å². The van der Waals surface area contributed by atoms with E-state index in [4.69, 9.17) is 4.74 Å². The molecule has 0 radical (unpaired) electrons. The molecule has 0 atom stereocenters. The van der Waals surface area contributed by atoms with Crippen LogP contribution < -0.4 is 10.3 Å². The summed E-state index contributed by atoms with van der Waals surface area (Å²) in [5.74, 6) is -0.607. The van der Waals surface area contributed by atoms with Crippen LogP contribution in [0.25, 0.3) is 10.7 Å². The molecule has 0 aliphatic carbocycles. The Hall–Kier alpha value is -2.58. The minimum Gasteiger partial charge on any atom is -0.497 e. The Labute approximate surface area is 158 Å². The van der Waals surface area contributed by atoms with E-state index in [1.54, 1.807) is 0 Å². The lowest BCUT2D eigenvalue weighted by molar-refractivity contribution is 0.234. The van der Waals surface area contributed by atoms with Crippen molar-refractivity contribution in [2.75, 3.05) is 13.7 Å². The van der Waals surface area contributed by atoms with Crippen molar-refractivity contribution >= 4 is 11.3 Å². The lowest BCUT2D eigenvalue weighted by Crippen LogP contribution is -2.35. The second kappa shape index (κ2) is 7.21. The molecule has 1 N–H and O–H groups in total. The Kier molecular flexibility index (Phi) is 4.75. The predicted molar refractivity (Wildman–Crippen MR) is 98.9 cm³/mol. The van der Waals surface area contributed by atoms with Crippen LogP contribution in [0.2, 0.25) is 0 Å². The quantitative estimate of drug-likeness (QED) is 0.744. The normalized spacial score (nSPS) is 14.2. The van der Waals surface area contributed by atoms with Gasteiger partial charge in [0.25, 0.3) is 5.56 Å². The fourth-order valence-corrected chi connectivity index (χ4v) is 3.89. The maximum atomic E-state index is 14.2. The number of benzene rings is 1. The second-order valence-corrected chi connectivity index (χ2v) is 7.30. The molecular formula is C19H17F2N3O2S. The summed E-state index contributed by atoms with van der Waals surface area (Å²) in [5, 5.41) is 1.93. The number of nitrogens with one attached hydrogen (secondary N) is 1. The molecule has 0 amide bonds. The first kappa shape index (κ1) is 17.8. The third-order valence-corrected chi connectivity index (χ3v) is 5.51. The maximum Gasteiger partial charge on any atom is 0.255 e. The monoisotopic (exact) mass is 389 g/mol. The topological polar surface area (TPSA) is 58.2 Å². The van der Waals surface area contributed by atoms with Crippen molar-refractivity contribution in [2.45, 2.75) is 19.5 Å². The number of H-pyrrole nitrogens is 1. The number of ether oxygens (including phenoxy) is 1. The van der Waals surface area contributed by atoms with E-state index in [9.17, 15) is 13.6 Å². The molecule has 2 aromatic heterocycles. The number of nitrogens with zero attached hydrogens (tertiary/aromatic N) is 2. The van der Waals surface area contributed by atoms with E-state index in [1.165, 1.54) is 18.4 Å². The highest BCUT2D eigenvalue weighted by molar-refractivity contribution is 7.13. The highest BCUT2D eigenvalue weighted by Gasteiger charge is 2.24. The number of halogens is 2. The molecule has 140 valence electrons. The summed E-state index contributed by atoms with van der Waals surface area (Å²) >= 11 is 1.51. The lowest BCUT2D eigenvalue weighted by atomic mass is 10.1. The van der Waals surface area contributed by atoms with Gasteiger partial charge in [0.1, 0.15) is 17.4 Å². The Morgan fingerprint density at radius 3 is 2.78 bits per heavy atom. The van der Waals surface area contributed by atoms with Gasteiger partial charge in [-0.25, -0.2) is 13.8 Å². The largest absolute Gasteiger partial charge is 0.497 e. The summed E-state index contributed by atoms with van der Waals surface area (Å²) in [5.41, 5.74) is 1.06. The second-order valence-electron chi connectivity index (χ2n) is 6.35. The van der Waals surface area contributed by atoms with Gasteiger partial charge in [-0.15, -0.1) is 11.3 Å². The molecule has 0 saturated carbocycles. The minimum absolute atomic E-state index is 0.0288. The smallest absolute Gasteiger partial charge is 0.255 e. The molecule has 1 aromatic carbocycles. The van der Waals surface area contributed by atoms with Crippen LogP contribution in [-0.2, 0) is 19.5 Å². The van der Waals surface area contributed by atoms with E-state index in [2.05, 4.69) is 9.97 Å². The van der Waals surface area contributed by atoms with E-state index in [0.717, 1.165) is 22.7 Å². The average molecular weight is 389 g/mol. The zero-order valence-corrected chi connectivity index (χ0v) is 15.4. The van der Waals surface area contributed by atoms with Crippen molar-refractivity contribution in [1.29, 1.82) is 0 Å². The number of hydrogen-bond donors (Lipinski definition) is 1. The molecule has 4 rings (SSSR count). The van der Waals surface area contributed by atoms with E-state index in [-0.39, 0.29) is 23.4 Å². The summed E-state index contributed by atoms with van der Waals surface area (Å²) in [6.45, 7) is 0.943. The summed E-state index contributed by atoms with van der Waals surface area (Å²) < 4.78 is 33.3. The molecule has 1 aliphatic heterocycles. The van der Waals surface area contributed by atoms with Gasteiger partial charge in [-0.1, -0.05) is 6.07 Å². The highest BCUT2D eigenvalue weighted by atomic mass is 32.1. The minimum atomic E-state index is -0.655. The zero-order chi connectivity index (χ0) is 19.0. The van der Waals surface area contributed by atoms with Crippen molar-refractivity contribution in [2.24, 2.45) is 0 Å². The van der Waals surface area contributed by atoms with Gasteiger partial charge in [-0.2, -0.15) is 0 Å². The first-order valence-electron chi connectivity index (χ1n) is 8.45. The maximum absolute atomic E-state index is 14.2. The van der Waals surface area contributed by atoms with Gasteiger partial charge in [-0.05, 0) is 11.4 Å². The van der Waals surface area contributed by atoms with Crippen LogP contribution in [0.3, 0.4) is 0 Å². The van der Waals surface area contributed by atoms with E-state index < -0.39 is 11.6 Å². The molecule has 0 spiro atoms. The van der Waals surface area contributed by atoms with Gasteiger partial charge < -0.3 is 9.72 Å². The number of aromatic amines is 1. The number of aromatic nitrogens is 2. The molecule has 0 saturated heterocycles. The van der Waals surface area contributed by atoms with Crippen LogP contribution in [0.1, 0.15) is 16.8 Å². The van der Waals surface area contributed by atoms with Crippen LogP contribution in [0.15, 0.2) is 34.4 Å². The summed E-state index contributed by atoms with van der Waals surface area (Å²) in [6.07, 6.45) is 0.553. The SMILES string of the molecule is COc1cc(F)c(CN2CCc3nc(-c4cccs4)[nH]c(=O)c3C2)c(F)c1. The number of fused-ring (bicyclic) bond motifs is 1. The molecule has 0 unspecified atom stereocenters. The Morgan fingerprint density at radius 2 is 2.11 bits per heavy atom. The van der Waals surface area contributed by atoms with Gasteiger partial charge in [0.05, 0.1) is 23.2 Å². The molecule has 5 nitrogen and oxygen atoms in total. The van der Waals surface area contributed by atoms with Crippen molar-refractivity contribution in [1.82, 2.24) is 14.9 Å². The first-order chi connectivity index (χ1) is 13.0. The Morgan fingerprint density at radius 1 is 1.33 bits per heavy atom. The molecule has 3 heterocycles. The molecule has 27 heavy (non-hydrogen) atoms. The molecule has 8 heteroatoms. The zero-order valence-electron chi connectivity index (χ0n) is 14.6. The van der Waals surface area contributed by atoms with Crippen molar-refractivity contribution in [3.05, 3.63) is 68.5 Å². The summed E-state index contributed by atoms with van der Waals surface area (Å²) in [4.78, 5) is 22.7. The van der Waals surface area contributed by atoms with E-state index in [0.29, 0.717) is 30.9 Å². The Balaban J connectivity index is 1.58. The van der Waals surface area contributed by atoms with Crippen molar-refractivity contribution < 1.29 is 13.5 Å². The van der Waals surface area contributed by atoms with E-state index >= 15 is 0 Å². The van der Waals surface area contributed by atoms with Crippen LogP contribution in [0.4, 0.5) is 8.78 Å². The third kappa shape index (κ3) is 3.50. The fraction of sp³-hybridized carbons (Fsp3) is 0.263. The van der Waals surface area contributed by atoms with Gasteiger partial charge >= 0.3 is 0 Å². The molecule has 0 bridgehead atoms. The van der Waals surface area contributed by atoms with Gasteiger partial charge in [0, 0.05) is 43.8 Å². The van der Waals surface area contributed by atoms with Crippen LogP contribution in [0, 0.1) is 11.6 Å². The van der Waals surface area contributed by atoms with Crippen molar-refractivity contribution in [3.8, 4) is 16.5 Å². The summed E-state index contributed by atoms with van der Waals surface area (Å²) in [6, 6.07) is 6.13. The molecular weight excluding hydrogens is 372 g/mol. The Bertz CT molecular complexity index is 1010. The fourth-order valence-electron chi connectivity index (χ4n) is 3.22. The molecule has 0 fully saturated rings. The first-order valence-corrected chi connectivity index (χ1v) is 9.33. The van der Waals surface area contributed by atoms with Gasteiger partial charge in [0.2, 0.25) is 0 Å². The predicted octanol–water partition coefficient (Wildman–Crippen LogP) is 3.34. The van der Waals surface area contributed by atoms with Crippen LogP contribution >= 0.6 is 11.3 Å².